The maximum atomic E-state index is 11.6. The van der Waals surface area contributed by atoms with Crippen molar-refractivity contribution in [2.45, 2.75) is 65.0 Å². The van der Waals surface area contributed by atoms with Crippen LogP contribution in [0.4, 0.5) is 4.79 Å². The van der Waals surface area contributed by atoms with Crippen LogP contribution in [0, 0.1) is 11.3 Å². The van der Waals surface area contributed by atoms with E-state index in [-0.39, 0.29) is 12.7 Å². The van der Waals surface area contributed by atoms with E-state index >= 15 is 0 Å². The van der Waals surface area contributed by atoms with E-state index in [4.69, 9.17) is 44.3 Å². The zero-order chi connectivity index (χ0) is 22.6. The highest BCUT2D eigenvalue weighted by Crippen LogP contribution is 2.48. The number of benzene rings is 2. The molecular formula is C24H28Cl3NO3. The summed E-state index contributed by atoms with van der Waals surface area (Å²) in [4.78, 5) is 11.6. The molecule has 31 heavy (non-hydrogen) atoms. The van der Waals surface area contributed by atoms with Gasteiger partial charge in [-0.2, -0.15) is 0 Å². The average molecular weight is 485 g/mol. The van der Waals surface area contributed by atoms with Gasteiger partial charge in [0.05, 0.1) is 21.7 Å². The lowest BCUT2D eigenvalue weighted by molar-refractivity contribution is 0.0884. The van der Waals surface area contributed by atoms with Crippen LogP contribution in [0.5, 0.6) is 5.75 Å². The van der Waals surface area contributed by atoms with Gasteiger partial charge in [0.15, 0.2) is 5.75 Å². The minimum Gasteiger partial charge on any atom is -0.487 e. The summed E-state index contributed by atoms with van der Waals surface area (Å²) >= 11 is 20.0. The molecule has 4 rings (SSSR count). The van der Waals surface area contributed by atoms with Crippen LogP contribution in [-0.2, 0) is 10.3 Å². The van der Waals surface area contributed by atoms with Gasteiger partial charge >= 0.3 is 6.09 Å². The summed E-state index contributed by atoms with van der Waals surface area (Å²) in [5.41, 5.74) is 0.549. The van der Waals surface area contributed by atoms with Crippen LogP contribution in [0.2, 0.25) is 15.1 Å². The molecule has 1 atom stereocenters. The first kappa shape index (κ1) is 22.8. The smallest absolute Gasteiger partial charge is 0.408 e. The molecule has 1 N–H and O–H groups in total. The van der Waals surface area contributed by atoms with Crippen molar-refractivity contribution in [2.75, 3.05) is 6.61 Å². The SMILES string of the molecule is CC(C)(C)C1CCC(Oc2c(Cl)c(Cl)c3cc([C@]4(C)COC(=O)N4)ccc3c2Cl)CC1. The van der Waals surface area contributed by atoms with E-state index in [1.807, 2.05) is 25.1 Å². The molecule has 1 heterocycles. The predicted octanol–water partition coefficient (Wildman–Crippen LogP) is 7.74. The number of nitrogens with one attached hydrogen (secondary N) is 1. The summed E-state index contributed by atoms with van der Waals surface area (Å²) < 4.78 is 11.4. The molecule has 4 nitrogen and oxygen atoms in total. The van der Waals surface area contributed by atoms with Crippen molar-refractivity contribution in [3.8, 4) is 5.75 Å². The number of rotatable bonds is 3. The Balaban J connectivity index is 1.63. The van der Waals surface area contributed by atoms with E-state index in [2.05, 4.69) is 26.1 Å². The number of ether oxygens (including phenoxy) is 2. The van der Waals surface area contributed by atoms with Gasteiger partial charge in [0.1, 0.15) is 11.6 Å². The lowest BCUT2D eigenvalue weighted by Gasteiger charge is -2.37. The van der Waals surface area contributed by atoms with Gasteiger partial charge in [-0.3, -0.25) is 0 Å². The number of carbonyl (C=O) groups excluding carboxylic acids is 1. The summed E-state index contributed by atoms with van der Waals surface area (Å²) in [6.07, 6.45) is 3.84. The molecule has 1 saturated heterocycles. The van der Waals surface area contributed by atoms with Gasteiger partial charge in [-0.05, 0) is 55.6 Å². The first-order valence-electron chi connectivity index (χ1n) is 10.7. The highest BCUT2D eigenvalue weighted by atomic mass is 35.5. The molecule has 0 aromatic heterocycles. The molecule has 1 aliphatic carbocycles. The molecule has 7 heteroatoms. The number of fused-ring (bicyclic) bond motifs is 1. The number of alkyl carbamates (subject to hydrolysis) is 1. The van der Waals surface area contributed by atoms with Crippen molar-refractivity contribution < 1.29 is 14.3 Å². The normalized spacial score (nSPS) is 26.6. The van der Waals surface area contributed by atoms with Gasteiger partial charge in [-0.15, -0.1) is 0 Å². The Labute approximate surface area is 198 Å². The summed E-state index contributed by atoms with van der Waals surface area (Å²) in [7, 11) is 0. The number of cyclic esters (lactones) is 1. The van der Waals surface area contributed by atoms with Crippen LogP contribution in [0.3, 0.4) is 0 Å². The van der Waals surface area contributed by atoms with Gasteiger partial charge in [-0.1, -0.05) is 67.7 Å². The van der Waals surface area contributed by atoms with Crippen LogP contribution < -0.4 is 10.1 Å². The Morgan fingerprint density at radius 1 is 1.03 bits per heavy atom. The first-order valence-corrected chi connectivity index (χ1v) is 11.9. The van der Waals surface area contributed by atoms with Crippen LogP contribution in [0.15, 0.2) is 18.2 Å². The fourth-order valence-electron chi connectivity index (χ4n) is 4.68. The molecule has 1 amide bonds. The zero-order valence-electron chi connectivity index (χ0n) is 18.3. The number of carbonyl (C=O) groups is 1. The molecule has 0 unspecified atom stereocenters. The minimum absolute atomic E-state index is 0.0751. The van der Waals surface area contributed by atoms with Gasteiger partial charge < -0.3 is 14.8 Å². The van der Waals surface area contributed by atoms with Crippen molar-refractivity contribution in [1.29, 1.82) is 0 Å². The third-order valence-electron chi connectivity index (χ3n) is 6.77. The number of amides is 1. The number of halogens is 3. The third kappa shape index (κ3) is 4.31. The molecule has 0 spiro atoms. The fourth-order valence-corrected chi connectivity index (χ4v) is 5.51. The molecule has 168 valence electrons. The maximum Gasteiger partial charge on any atom is 0.408 e. The van der Waals surface area contributed by atoms with Crippen molar-refractivity contribution in [3.63, 3.8) is 0 Å². The van der Waals surface area contributed by atoms with Crippen molar-refractivity contribution in [1.82, 2.24) is 5.32 Å². The minimum atomic E-state index is -0.631. The monoisotopic (exact) mass is 483 g/mol. The van der Waals surface area contributed by atoms with Crippen molar-refractivity contribution in [2.24, 2.45) is 11.3 Å². The standard InChI is InChI=1S/C24H28Cl3NO3/c1-23(2,3)13-5-8-15(9-6-13)31-21-19(26)16-10-7-14(11-17(16)18(25)20(21)27)24(4)12-30-22(29)28-24/h7,10-11,13,15H,5-6,8-9,12H2,1-4H3,(H,28,29)/t13?,15?,24-/m0/s1. The Morgan fingerprint density at radius 3 is 2.29 bits per heavy atom. The fraction of sp³-hybridized carbons (Fsp3) is 0.542. The van der Waals surface area contributed by atoms with E-state index in [0.29, 0.717) is 32.2 Å². The highest BCUT2D eigenvalue weighted by Gasteiger charge is 2.37. The Kier molecular flexibility index (Phi) is 6.04. The lowest BCUT2D eigenvalue weighted by Crippen LogP contribution is -2.37. The molecule has 2 aliphatic rings. The molecule has 1 saturated carbocycles. The lowest BCUT2D eigenvalue weighted by atomic mass is 9.72. The average Bonchev–Trinajstić information content (AvgIpc) is 3.08. The van der Waals surface area contributed by atoms with Gasteiger partial charge in [0.2, 0.25) is 0 Å². The molecule has 0 radical (unpaired) electrons. The Hall–Kier alpha value is -1.36. The quantitative estimate of drug-likeness (QED) is 0.453. The van der Waals surface area contributed by atoms with E-state index in [1.54, 1.807) is 0 Å². The van der Waals surface area contributed by atoms with E-state index in [0.717, 1.165) is 42.0 Å². The first-order chi connectivity index (χ1) is 14.5. The summed E-state index contributed by atoms with van der Waals surface area (Å²) in [5.74, 6) is 1.15. The number of hydrogen-bond donors (Lipinski definition) is 1. The molecule has 2 aromatic carbocycles. The second-order valence-electron chi connectivity index (χ2n) is 10.0. The van der Waals surface area contributed by atoms with Gasteiger partial charge in [-0.25, -0.2) is 4.79 Å². The summed E-state index contributed by atoms with van der Waals surface area (Å²) in [5, 5.41) is 5.52. The summed E-state index contributed by atoms with van der Waals surface area (Å²) in [6, 6.07) is 5.72. The van der Waals surface area contributed by atoms with E-state index < -0.39 is 11.6 Å². The molecular weight excluding hydrogens is 457 g/mol. The third-order valence-corrected chi connectivity index (χ3v) is 8.00. The van der Waals surface area contributed by atoms with Crippen LogP contribution in [0.25, 0.3) is 10.8 Å². The maximum absolute atomic E-state index is 11.6. The predicted molar refractivity (Wildman–Crippen MR) is 127 cm³/mol. The largest absolute Gasteiger partial charge is 0.487 e. The zero-order valence-corrected chi connectivity index (χ0v) is 20.5. The molecule has 2 fully saturated rings. The second kappa shape index (κ2) is 8.20. The van der Waals surface area contributed by atoms with Crippen molar-refractivity contribution in [3.05, 3.63) is 38.8 Å². The van der Waals surface area contributed by atoms with Gasteiger partial charge in [0.25, 0.3) is 0 Å². The topological polar surface area (TPSA) is 47.6 Å². The Morgan fingerprint density at radius 2 is 1.71 bits per heavy atom. The van der Waals surface area contributed by atoms with Gasteiger partial charge in [0, 0.05) is 10.8 Å². The molecule has 1 aliphatic heterocycles. The van der Waals surface area contributed by atoms with Crippen LogP contribution >= 0.6 is 34.8 Å². The van der Waals surface area contributed by atoms with E-state index in [9.17, 15) is 4.79 Å². The van der Waals surface area contributed by atoms with Crippen molar-refractivity contribution >= 4 is 51.7 Å². The van der Waals surface area contributed by atoms with Crippen LogP contribution in [0.1, 0.15) is 58.9 Å². The summed E-state index contributed by atoms with van der Waals surface area (Å²) in [6.45, 7) is 9.05. The Bertz CT molecular complexity index is 1030. The highest BCUT2D eigenvalue weighted by molar-refractivity contribution is 6.49. The molecule has 0 bridgehead atoms. The second-order valence-corrected chi connectivity index (χ2v) is 11.2. The number of hydrogen-bond acceptors (Lipinski definition) is 3. The van der Waals surface area contributed by atoms with Crippen LogP contribution in [-0.4, -0.2) is 18.8 Å². The van der Waals surface area contributed by atoms with E-state index in [1.165, 1.54) is 0 Å². The molecule has 2 aromatic rings.